The Morgan fingerprint density at radius 2 is 1.83 bits per heavy atom. The van der Waals surface area contributed by atoms with Crippen LogP contribution in [0, 0.1) is 5.82 Å². The maximum absolute atomic E-state index is 13.3. The Bertz CT molecular complexity index is 1650. The third-order valence-corrected chi connectivity index (χ3v) is 9.95. The smallest absolute Gasteiger partial charge is 0.242 e. The Kier molecular flexibility index (Phi) is 10.2. The number of ether oxygens (including phenoxy) is 1. The first-order valence-electron chi connectivity index (χ1n) is 13.0. The Morgan fingerprint density at radius 1 is 1.07 bits per heavy atom. The second-order valence-electron chi connectivity index (χ2n) is 9.61. The first-order chi connectivity index (χ1) is 19.9. The van der Waals surface area contributed by atoms with Crippen LogP contribution in [0.15, 0.2) is 77.7 Å². The number of amides is 2. The van der Waals surface area contributed by atoms with Crippen molar-refractivity contribution in [3.8, 4) is 5.75 Å². The van der Waals surface area contributed by atoms with Crippen molar-refractivity contribution in [1.29, 1.82) is 0 Å². The molecule has 1 heterocycles. The van der Waals surface area contributed by atoms with Crippen LogP contribution in [0.5, 0.6) is 5.75 Å². The van der Waals surface area contributed by atoms with Crippen LogP contribution in [0.1, 0.15) is 35.6 Å². The van der Waals surface area contributed by atoms with Gasteiger partial charge >= 0.3 is 0 Å². The summed E-state index contributed by atoms with van der Waals surface area (Å²) in [5.74, 6) is -1.22. The first-order valence-corrected chi connectivity index (χ1v) is 16.4. The van der Waals surface area contributed by atoms with Crippen LogP contribution in [0.25, 0.3) is 0 Å². The van der Waals surface area contributed by atoms with E-state index in [-0.39, 0.29) is 34.9 Å². The lowest BCUT2D eigenvalue weighted by Crippen LogP contribution is -2.48. The summed E-state index contributed by atoms with van der Waals surface area (Å²) >= 11 is 6.39. The van der Waals surface area contributed by atoms with E-state index >= 15 is 0 Å². The molecule has 2 atom stereocenters. The highest BCUT2D eigenvalue weighted by atomic mass is 35.5. The van der Waals surface area contributed by atoms with Crippen molar-refractivity contribution in [1.82, 2.24) is 14.8 Å². The number of carbonyl (C=O) groups is 2. The summed E-state index contributed by atoms with van der Waals surface area (Å²) in [5.41, 5.74) is 0.697. The van der Waals surface area contributed by atoms with Crippen LogP contribution in [-0.4, -0.2) is 47.8 Å². The van der Waals surface area contributed by atoms with Gasteiger partial charge in [-0.05, 0) is 60.7 Å². The van der Waals surface area contributed by atoms with Gasteiger partial charge in [0.1, 0.15) is 22.9 Å². The van der Waals surface area contributed by atoms with Crippen LogP contribution >= 0.6 is 11.6 Å². The number of nitrogens with one attached hydrogen (secondary N) is 3. The number of rotatable bonds is 13. The minimum atomic E-state index is -4.07. The van der Waals surface area contributed by atoms with Crippen molar-refractivity contribution >= 4 is 43.5 Å². The fraction of sp³-hybridized carbons (Fsp3) is 0.286. The molecule has 1 fully saturated rings. The minimum Gasteiger partial charge on any atom is -0.493 e. The maximum atomic E-state index is 13.3. The molecule has 14 heteroatoms. The number of carbonyl (C=O) groups excluding carboxylic acids is 2. The van der Waals surface area contributed by atoms with Gasteiger partial charge in [-0.2, -0.15) is 4.72 Å². The monoisotopic (exact) mass is 637 g/mol. The van der Waals surface area contributed by atoms with Gasteiger partial charge in [-0.3, -0.25) is 14.3 Å². The number of hydrogen-bond acceptors (Lipinski definition) is 7. The molecule has 1 saturated heterocycles. The van der Waals surface area contributed by atoms with Gasteiger partial charge in [0, 0.05) is 17.6 Å². The third-order valence-electron chi connectivity index (χ3n) is 6.46. The van der Waals surface area contributed by atoms with Gasteiger partial charge in [0.05, 0.1) is 17.9 Å². The van der Waals surface area contributed by atoms with E-state index in [0.29, 0.717) is 30.8 Å². The van der Waals surface area contributed by atoms with Gasteiger partial charge in [-0.25, -0.2) is 21.2 Å². The summed E-state index contributed by atoms with van der Waals surface area (Å²) < 4.78 is 73.8. The van der Waals surface area contributed by atoms with Gasteiger partial charge in [0.25, 0.3) is 0 Å². The zero-order chi connectivity index (χ0) is 30.3. The van der Waals surface area contributed by atoms with Crippen LogP contribution in [0.3, 0.4) is 0 Å². The average molecular weight is 638 g/mol. The molecular formula is C28H29ClFN3O7S2. The molecule has 2 amide bonds. The Morgan fingerprint density at radius 3 is 2.50 bits per heavy atom. The molecule has 0 radical (unpaired) electrons. The molecule has 224 valence electrons. The quantitative estimate of drug-likeness (QED) is 0.244. The zero-order valence-corrected chi connectivity index (χ0v) is 24.6. The summed E-state index contributed by atoms with van der Waals surface area (Å²) in [6, 6.07) is 16.6. The van der Waals surface area contributed by atoms with Crippen LogP contribution in [-0.2, 0) is 36.1 Å². The van der Waals surface area contributed by atoms with Crippen molar-refractivity contribution in [2.45, 2.75) is 41.9 Å². The molecule has 3 aromatic rings. The van der Waals surface area contributed by atoms with Crippen LogP contribution in [0.4, 0.5) is 4.39 Å². The van der Waals surface area contributed by atoms with E-state index in [1.165, 1.54) is 42.5 Å². The summed E-state index contributed by atoms with van der Waals surface area (Å²) in [4.78, 5) is 24.8. The predicted molar refractivity (Wildman–Crippen MR) is 154 cm³/mol. The second-order valence-corrected chi connectivity index (χ2v) is 13.6. The Labute approximate surface area is 248 Å². The zero-order valence-electron chi connectivity index (χ0n) is 22.3. The number of halogens is 2. The highest BCUT2D eigenvalue weighted by Crippen LogP contribution is 2.35. The van der Waals surface area contributed by atoms with E-state index in [4.69, 9.17) is 16.3 Å². The van der Waals surface area contributed by atoms with Gasteiger partial charge in [-0.15, -0.1) is 0 Å². The summed E-state index contributed by atoms with van der Waals surface area (Å²) in [6.45, 7) is 0.529. The minimum absolute atomic E-state index is 0.0192. The van der Waals surface area contributed by atoms with Crippen molar-refractivity contribution in [2.75, 3.05) is 13.2 Å². The highest BCUT2D eigenvalue weighted by Gasteiger charge is 2.39. The molecule has 42 heavy (non-hydrogen) atoms. The van der Waals surface area contributed by atoms with E-state index in [2.05, 4.69) is 10.0 Å². The molecule has 2 unspecified atom stereocenters. The molecule has 3 aromatic carbocycles. The number of benzene rings is 3. The lowest BCUT2D eigenvalue weighted by atomic mass is 10.0. The van der Waals surface area contributed by atoms with E-state index in [1.807, 2.05) is 4.72 Å². The molecule has 0 spiro atoms. The molecule has 1 aliphatic heterocycles. The Hall–Kier alpha value is -3.52. The molecule has 1 aliphatic rings. The topological polar surface area (TPSA) is 148 Å². The van der Waals surface area contributed by atoms with E-state index in [0.717, 1.165) is 0 Å². The molecule has 4 rings (SSSR count). The molecular weight excluding hydrogens is 609 g/mol. The molecule has 0 aromatic heterocycles. The summed E-state index contributed by atoms with van der Waals surface area (Å²) in [6.07, 6.45) is 0.712. The standard InChI is InChI=1S/C28H29ClFN3O7S2/c29-24-15-19(11-12-23(24)26-18-27(34)33-42(26,38)39)16-25(32-41(36,37)22-9-2-1-3-10-22)28(35)31-13-4-5-14-40-21-8-6-7-20(30)17-21/h1-3,6-12,15,17,25-26,32H,4-5,13-14,16,18H2,(H,31,35)(H,33,34). The van der Waals surface area contributed by atoms with Gasteiger partial charge in [0.15, 0.2) is 0 Å². The van der Waals surface area contributed by atoms with Crippen LogP contribution in [0.2, 0.25) is 5.02 Å². The fourth-order valence-electron chi connectivity index (χ4n) is 4.37. The van der Waals surface area contributed by atoms with Crippen molar-refractivity contribution < 1.29 is 35.6 Å². The Balaban J connectivity index is 1.42. The molecule has 10 nitrogen and oxygen atoms in total. The van der Waals surface area contributed by atoms with Crippen molar-refractivity contribution in [3.05, 3.63) is 94.8 Å². The average Bonchev–Trinajstić information content (AvgIpc) is 3.21. The van der Waals surface area contributed by atoms with E-state index < -0.39 is 49.0 Å². The number of hydrogen-bond donors (Lipinski definition) is 3. The predicted octanol–water partition coefficient (Wildman–Crippen LogP) is 3.23. The fourth-order valence-corrected chi connectivity index (χ4v) is 7.44. The maximum Gasteiger partial charge on any atom is 0.242 e. The van der Waals surface area contributed by atoms with Crippen LogP contribution < -0.4 is 19.5 Å². The third kappa shape index (κ3) is 8.28. The van der Waals surface area contributed by atoms with Crippen molar-refractivity contribution in [2.24, 2.45) is 0 Å². The SMILES string of the molecule is O=C1CC(c2ccc(CC(NS(=O)(=O)c3ccccc3)C(=O)NCCCCOc3cccc(F)c3)cc2Cl)S(=O)(=O)N1. The van der Waals surface area contributed by atoms with Gasteiger partial charge < -0.3 is 10.1 Å². The normalized spacial score (nSPS) is 16.9. The summed E-state index contributed by atoms with van der Waals surface area (Å²) in [5, 5.41) is 1.66. The van der Waals surface area contributed by atoms with E-state index in [1.54, 1.807) is 30.3 Å². The summed E-state index contributed by atoms with van der Waals surface area (Å²) in [7, 11) is -7.99. The lowest BCUT2D eigenvalue weighted by molar-refractivity contribution is -0.122. The molecule has 0 saturated carbocycles. The number of unbranched alkanes of at least 4 members (excludes halogenated alkanes) is 1. The van der Waals surface area contributed by atoms with Crippen molar-refractivity contribution in [3.63, 3.8) is 0 Å². The van der Waals surface area contributed by atoms with Gasteiger partial charge in [0.2, 0.25) is 31.9 Å². The highest BCUT2D eigenvalue weighted by molar-refractivity contribution is 7.90. The van der Waals surface area contributed by atoms with Gasteiger partial charge in [-0.1, -0.05) is 48.0 Å². The number of sulfonamides is 2. The molecule has 0 bridgehead atoms. The molecule has 3 N–H and O–H groups in total. The van der Waals surface area contributed by atoms with E-state index in [9.17, 15) is 30.8 Å². The second kappa shape index (κ2) is 13.6. The molecule has 0 aliphatic carbocycles. The largest absolute Gasteiger partial charge is 0.493 e. The first kappa shape index (κ1) is 31.4. The lowest BCUT2D eigenvalue weighted by Gasteiger charge is -2.20.